The molecular formula is C27H30N4O2. The number of amides is 1. The number of carbonyl (C=O) groups excluding carboxylic acids is 1. The molecular weight excluding hydrogens is 412 g/mol. The summed E-state index contributed by atoms with van der Waals surface area (Å²) in [5.74, 6) is 0.874. The monoisotopic (exact) mass is 442 g/mol. The van der Waals surface area contributed by atoms with E-state index in [1.54, 1.807) is 6.20 Å². The van der Waals surface area contributed by atoms with Gasteiger partial charge in [0.25, 0.3) is 5.56 Å². The Balaban J connectivity index is 1.50. The first-order chi connectivity index (χ1) is 16.0. The first-order valence-electron chi connectivity index (χ1n) is 11.8. The number of aromatic nitrogens is 3. The summed E-state index contributed by atoms with van der Waals surface area (Å²) in [6.45, 7) is 4.95. The van der Waals surface area contributed by atoms with Crippen molar-refractivity contribution in [1.82, 2.24) is 19.7 Å². The van der Waals surface area contributed by atoms with Crippen molar-refractivity contribution in [3.63, 3.8) is 0 Å². The Morgan fingerprint density at radius 3 is 2.61 bits per heavy atom. The van der Waals surface area contributed by atoms with Crippen molar-refractivity contribution in [1.29, 1.82) is 0 Å². The van der Waals surface area contributed by atoms with Crippen LogP contribution in [0.5, 0.6) is 0 Å². The van der Waals surface area contributed by atoms with Crippen LogP contribution >= 0.6 is 0 Å². The van der Waals surface area contributed by atoms with Crippen LogP contribution in [0.2, 0.25) is 0 Å². The van der Waals surface area contributed by atoms with E-state index in [1.165, 1.54) is 11.1 Å². The Labute approximate surface area is 193 Å². The van der Waals surface area contributed by atoms with Crippen molar-refractivity contribution >= 4 is 27.7 Å². The van der Waals surface area contributed by atoms with E-state index >= 15 is 0 Å². The zero-order valence-electron chi connectivity index (χ0n) is 19.2. The largest absolute Gasteiger partial charge is 0.351 e. The maximum Gasteiger partial charge on any atom is 0.291 e. The van der Waals surface area contributed by atoms with E-state index in [0.29, 0.717) is 23.9 Å². The topological polar surface area (TPSA) is 68.9 Å². The molecule has 5 rings (SSSR count). The Morgan fingerprint density at radius 2 is 1.79 bits per heavy atom. The molecule has 6 heteroatoms. The average molecular weight is 443 g/mol. The maximum atomic E-state index is 13.6. The van der Waals surface area contributed by atoms with Crippen molar-refractivity contribution < 1.29 is 4.79 Å². The predicted molar refractivity (Wildman–Crippen MR) is 131 cm³/mol. The lowest BCUT2D eigenvalue weighted by molar-refractivity contribution is -0.123. The summed E-state index contributed by atoms with van der Waals surface area (Å²) >= 11 is 0. The van der Waals surface area contributed by atoms with Crippen LogP contribution < -0.4 is 10.9 Å². The molecule has 1 amide bonds. The molecule has 1 fully saturated rings. The molecule has 0 aliphatic heterocycles. The van der Waals surface area contributed by atoms with Gasteiger partial charge in [0.15, 0.2) is 0 Å². The molecule has 0 spiro atoms. The molecule has 0 saturated heterocycles. The van der Waals surface area contributed by atoms with E-state index in [2.05, 4.69) is 36.4 Å². The van der Waals surface area contributed by atoms with Crippen molar-refractivity contribution in [2.24, 2.45) is 11.8 Å². The first-order valence-corrected chi connectivity index (χ1v) is 11.8. The molecule has 1 saturated carbocycles. The third-order valence-electron chi connectivity index (χ3n) is 7.30. The molecule has 1 aliphatic rings. The van der Waals surface area contributed by atoms with Crippen LogP contribution in [0.15, 0.2) is 65.6 Å². The normalized spacial score (nSPS) is 20.8. The average Bonchev–Trinajstić information content (AvgIpc) is 3.14. The fraction of sp³-hybridized carbons (Fsp3) is 0.370. The highest BCUT2D eigenvalue weighted by molar-refractivity contribution is 6.07. The van der Waals surface area contributed by atoms with E-state index in [-0.39, 0.29) is 24.1 Å². The van der Waals surface area contributed by atoms with Gasteiger partial charge < -0.3 is 9.88 Å². The first kappa shape index (κ1) is 21.4. The highest BCUT2D eigenvalue weighted by Crippen LogP contribution is 2.30. The van der Waals surface area contributed by atoms with Crippen LogP contribution in [0.25, 0.3) is 21.8 Å². The summed E-state index contributed by atoms with van der Waals surface area (Å²) in [5.41, 5.74) is 2.45. The number of hydrogen-bond donors (Lipinski definition) is 1. The molecule has 2 aromatic heterocycles. The van der Waals surface area contributed by atoms with Gasteiger partial charge in [-0.3, -0.25) is 9.59 Å². The van der Waals surface area contributed by atoms with Gasteiger partial charge in [-0.15, -0.1) is 0 Å². The number of benzene rings is 2. The smallest absolute Gasteiger partial charge is 0.291 e. The molecule has 3 atom stereocenters. The van der Waals surface area contributed by atoms with Gasteiger partial charge in [0, 0.05) is 28.9 Å². The highest BCUT2D eigenvalue weighted by Gasteiger charge is 2.28. The summed E-state index contributed by atoms with van der Waals surface area (Å²) in [4.78, 5) is 26.4. The Morgan fingerprint density at radius 1 is 1.03 bits per heavy atom. The molecule has 4 aromatic rings. The van der Waals surface area contributed by atoms with Crippen LogP contribution in [0.1, 0.15) is 38.7 Å². The number of para-hydroxylation sites is 1. The lowest BCUT2D eigenvalue weighted by Crippen LogP contribution is -2.45. The molecule has 33 heavy (non-hydrogen) atoms. The summed E-state index contributed by atoms with van der Waals surface area (Å²) in [5, 5.41) is 9.34. The lowest BCUT2D eigenvalue weighted by atomic mass is 9.78. The molecule has 3 unspecified atom stereocenters. The minimum Gasteiger partial charge on any atom is -0.351 e. The molecule has 1 aliphatic carbocycles. The number of fused-ring (bicyclic) bond motifs is 3. The Kier molecular flexibility index (Phi) is 5.75. The predicted octanol–water partition coefficient (Wildman–Crippen LogP) is 4.34. The van der Waals surface area contributed by atoms with E-state index < -0.39 is 0 Å². The summed E-state index contributed by atoms with van der Waals surface area (Å²) in [6, 6.07) is 18.3. The zero-order chi connectivity index (χ0) is 22.9. The van der Waals surface area contributed by atoms with Crippen LogP contribution in [-0.2, 0) is 17.9 Å². The second-order valence-corrected chi connectivity index (χ2v) is 9.40. The van der Waals surface area contributed by atoms with Crippen molar-refractivity contribution in [3.8, 4) is 0 Å². The van der Waals surface area contributed by atoms with Gasteiger partial charge in [-0.25, -0.2) is 4.68 Å². The summed E-state index contributed by atoms with van der Waals surface area (Å²) in [6.07, 6.45) is 5.04. The van der Waals surface area contributed by atoms with E-state index in [0.717, 1.165) is 34.7 Å². The Hall–Kier alpha value is -3.41. The molecule has 0 bridgehead atoms. The third-order valence-corrected chi connectivity index (χ3v) is 7.30. The second-order valence-electron chi connectivity index (χ2n) is 9.40. The molecule has 0 radical (unpaired) electrons. The van der Waals surface area contributed by atoms with E-state index in [1.807, 2.05) is 47.0 Å². The molecule has 2 heterocycles. The fourth-order valence-corrected chi connectivity index (χ4v) is 5.21. The molecule has 1 N–H and O–H groups in total. The zero-order valence-corrected chi connectivity index (χ0v) is 19.2. The number of hydrogen-bond acceptors (Lipinski definition) is 3. The van der Waals surface area contributed by atoms with Crippen molar-refractivity contribution in [2.45, 2.75) is 52.2 Å². The number of carbonyl (C=O) groups is 1. The number of nitrogens with one attached hydrogen (secondary N) is 1. The van der Waals surface area contributed by atoms with Crippen LogP contribution in [-0.4, -0.2) is 26.3 Å². The lowest BCUT2D eigenvalue weighted by Gasteiger charge is -2.34. The Bertz CT molecular complexity index is 1360. The van der Waals surface area contributed by atoms with Crippen molar-refractivity contribution in [3.05, 3.63) is 76.7 Å². The van der Waals surface area contributed by atoms with Gasteiger partial charge in [-0.2, -0.15) is 5.10 Å². The van der Waals surface area contributed by atoms with Gasteiger partial charge in [0.1, 0.15) is 12.1 Å². The number of nitrogens with zero attached hydrogens (tertiary/aromatic N) is 3. The van der Waals surface area contributed by atoms with Gasteiger partial charge >= 0.3 is 0 Å². The molecule has 170 valence electrons. The van der Waals surface area contributed by atoms with Gasteiger partial charge in [0.2, 0.25) is 5.91 Å². The molecule has 6 nitrogen and oxygen atoms in total. The third kappa shape index (κ3) is 4.06. The van der Waals surface area contributed by atoms with Crippen molar-refractivity contribution in [2.75, 3.05) is 0 Å². The van der Waals surface area contributed by atoms with E-state index in [4.69, 9.17) is 0 Å². The second kappa shape index (κ2) is 8.85. The summed E-state index contributed by atoms with van der Waals surface area (Å²) in [7, 11) is 0. The minimum absolute atomic E-state index is 0.0702. The standard InChI is InChI=1S/C27H30N4O2/c1-18-9-8-13-23(19(18)2)29-25(32)17-31-27(33)26-22(15-28-31)21-12-6-7-14-24(21)30(26)16-20-10-4-3-5-11-20/h3-7,10-12,14-15,18-19,23H,8-9,13,16-17H2,1-2H3,(H,29,32). The van der Waals surface area contributed by atoms with Crippen LogP contribution in [0, 0.1) is 11.8 Å². The van der Waals surface area contributed by atoms with Gasteiger partial charge in [-0.1, -0.05) is 75.2 Å². The maximum absolute atomic E-state index is 13.6. The van der Waals surface area contributed by atoms with Crippen LogP contribution in [0.4, 0.5) is 0 Å². The van der Waals surface area contributed by atoms with E-state index in [9.17, 15) is 9.59 Å². The van der Waals surface area contributed by atoms with Gasteiger partial charge in [0.05, 0.1) is 6.20 Å². The highest BCUT2D eigenvalue weighted by atomic mass is 16.2. The molecule has 2 aromatic carbocycles. The number of rotatable bonds is 5. The fourth-order valence-electron chi connectivity index (χ4n) is 5.21. The quantitative estimate of drug-likeness (QED) is 0.500. The van der Waals surface area contributed by atoms with Gasteiger partial charge in [-0.05, 0) is 29.9 Å². The minimum atomic E-state index is -0.236. The summed E-state index contributed by atoms with van der Waals surface area (Å²) < 4.78 is 3.35. The van der Waals surface area contributed by atoms with Crippen LogP contribution in [0.3, 0.4) is 0 Å². The SMILES string of the molecule is CC1CCCC(NC(=O)Cn2ncc3c4ccccc4n(Cc4ccccc4)c3c2=O)C1C.